The van der Waals surface area contributed by atoms with E-state index in [0.29, 0.717) is 18.4 Å². The lowest BCUT2D eigenvalue weighted by Crippen LogP contribution is -2.48. The molecular weight excluding hydrogens is 446 g/mol. The van der Waals surface area contributed by atoms with Crippen LogP contribution >= 0.6 is 0 Å². The third-order valence-corrected chi connectivity index (χ3v) is 8.59. The molecule has 34 heavy (non-hydrogen) atoms. The summed E-state index contributed by atoms with van der Waals surface area (Å²) in [7, 11) is -4.19. The molecule has 178 valence electrons. The SMILES string of the molecule is CCCC[C@@H]1C(=O)N(S(=O)(=O)c2ccc(C)cc2)[C@H](Cc2ccccc2)[C@@]1(O)c1ccccc1. The van der Waals surface area contributed by atoms with Crippen LogP contribution in [0, 0.1) is 12.8 Å². The van der Waals surface area contributed by atoms with Crippen LogP contribution in [-0.4, -0.2) is 29.8 Å². The molecule has 1 amide bonds. The molecular formula is C28H31NO4S. The smallest absolute Gasteiger partial charge is 0.266 e. The number of benzene rings is 3. The van der Waals surface area contributed by atoms with Gasteiger partial charge in [0, 0.05) is 0 Å². The maximum atomic E-state index is 13.9. The molecule has 1 N–H and O–H groups in total. The molecule has 6 heteroatoms. The van der Waals surface area contributed by atoms with E-state index in [-0.39, 0.29) is 11.3 Å². The average molecular weight is 478 g/mol. The summed E-state index contributed by atoms with van der Waals surface area (Å²) in [5.41, 5.74) is 0.692. The van der Waals surface area contributed by atoms with E-state index in [1.807, 2.05) is 62.4 Å². The average Bonchev–Trinajstić information content (AvgIpc) is 3.06. The molecule has 0 aliphatic carbocycles. The van der Waals surface area contributed by atoms with Gasteiger partial charge in [-0.25, -0.2) is 12.7 Å². The summed E-state index contributed by atoms with van der Waals surface area (Å²) >= 11 is 0. The van der Waals surface area contributed by atoms with Crippen molar-refractivity contribution in [2.24, 2.45) is 5.92 Å². The third kappa shape index (κ3) is 4.28. The molecule has 3 aromatic rings. The predicted octanol–water partition coefficient (Wildman–Crippen LogP) is 4.83. The molecule has 1 fully saturated rings. The van der Waals surface area contributed by atoms with Crippen molar-refractivity contribution >= 4 is 15.9 Å². The number of amides is 1. The number of carbonyl (C=O) groups excluding carboxylic acids is 1. The van der Waals surface area contributed by atoms with Crippen LogP contribution in [0.1, 0.15) is 42.9 Å². The summed E-state index contributed by atoms with van der Waals surface area (Å²) in [5, 5.41) is 12.3. The van der Waals surface area contributed by atoms with Crippen molar-refractivity contribution in [3.8, 4) is 0 Å². The third-order valence-electron chi connectivity index (χ3n) is 6.77. The van der Waals surface area contributed by atoms with E-state index in [2.05, 4.69) is 0 Å². The van der Waals surface area contributed by atoms with E-state index in [9.17, 15) is 18.3 Å². The summed E-state index contributed by atoms with van der Waals surface area (Å²) in [6.07, 6.45) is 2.17. The van der Waals surface area contributed by atoms with Gasteiger partial charge < -0.3 is 5.11 Å². The van der Waals surface area contributed by atoms with E-state index in [0.717, 1.165) is 21.9 Å². The standard InChI is InChI=1S/C28H31NO4S/c1-3-4-15-25-27(30)29(34(32,33)24-18-16-21(2)17-19-24)26(20-22-11-7-5-8-12-22)28(25,31)23-13-9-6-10-14-23/h5-14,16-19,25-26,31H,3-4,15,20H2,1-2H3/t25-,26-,28-/m1/s1. The Labute approximate surface area is 202 Å². The van der Waals surface area contributed by atoms with Crippen molar-refractivity contribution in [1.29, 1.82) is 0 Å². The lowest BCUT2D eigenvalue weighted by Gasteiger charge is -2.36. The van der Waals surface area contributed by atoms with Gasteiger partial charge in [-0.15, -0.1) is 0 Å². The van der Waals surface area contributed by atoms with Crippen molar-refractivity contribution in [2.75, 3.05) is 0 Å². The van der Waals surface area contributed by atoms with Gasteiger partial charge in [-0.1, -0.05) is 98.1 Å². The number of aliphatic hydroxyl groups is 1. The van der Waals surface area contributed by atoms with Crippen LogP contribution in [0.5, 0.6) is 0 Å². The largest absolute Gasteiger partial charge is 0.382 e. The monoisotopic (exact) mass is 477 g/mol. The highest BCUT2D eigenvalue weighted by Crippen LogP contribution is 2.48. The highest BCUT2D eigenvalue weighted by atomic mass is 32.2. The summed E-state index contributed by atoms with van der Waals surface area (Å²) in [6.45, 7) is 3.90. The van der Waals surface area contributed by atoms with Gasteiger partial charge in [0.1, 0.15) is 5.60 Å². The highest BCUT2D eigenvalue weighted by molar-refractivity contribution is 7.89. The number of unbranched alkanes of at least 4 members (excludes halogenated alkanes) is 1. The molecule has 0 aromatic heterocycles. The topological polar surface area (TPSA) is 74.7 Å². The first-order valence-electron chi connectivity index (χ1n) is 11.8. The van der Waals surface area contributed by atoms with E-state index >= 15 is 0 Å². The fourth-order valence-corrected chi connectivity index (χ4v) is 6.58. The minimum absolute atomic E-state index is 0.0519. The van der Waals surface area contributed by atoms with Crippen LogP contribution in [0.3, 0.4) is 0 Å². The molecule has 1 heterocycles. The molecule has 0 saturated carbocycles. The molecule has 0 spiro atoms. The van der Waals surface area contributed by atoms with Crippen LogP contribution in [0.25, 0.3) is 0 Å². The van der Waals surface area contributed by atoms with Gasteiger partial charge in [-0.3, -0.25) is 4.79 Å². The molecule has 5 nitrogen and oxygen atoms in total. The maximum Gasteiger partial charge on any atom is 0.266 e. The Morgan fingerprint density at radius 3 is 2.09 bits per heavy atom. The Bertz CT molecular complexity index is 1230. The number of rotatable bonds is 8. The van der Waals surface area contributed by atoms with E-state index < -0.39 is 33.5 Å². The van der Waals surface area contributed by atoms with Gasteiger partial charge >= 0.3 is 0 Å². The molecule has 1 aliphatic heterocycles. The number of aryl methyl sites for hydroxylation is 1. The van der Waals surface area contributed by atoms with Crippen LogP contribution in [0.2, 0.25) is 0 Å². The molecule has 0 unspecified atom stereocenters. The zero-order valence-electron chi connectivity index (χ0n) is 19.6. The van der Waals surface area contributed by atoms with Crippen LogP contribution in [0.15, 0.2) is 89.8 Å². The van der Waals surface area contributed by atoms with Crippen LogP contribution in [0.4, 0.5) is 0 Å². The first-order chi connectivity index (χ1) is 16.3. The second-order valence-electron chi connectivity index (χ2n) is 9.04. The molecule has 3 aromatic carbocycles. The van der Waals surface area contributed by atoms with Gasteiger partial charge in [0.15, 0.2) is 0 Å². The van der Waals surface area contributed by atoms with Crippen molar-refractivity contribution in [1.82, 2.24) is 4.31 Å². The summed E-state index contributed by atoms with van der Waals surface area (Å²) in [5.74, 6) is -1.40. The number of hydrogen-bond acceptors (Lipinski definition) is 4. The molecule has 3 atom stereocenters. The molecule has 1 saturated heterocycles. The van der Waals surface area contributed by atoms with Gasteiger partial charge in [0.25, 0.3) is 10.0 Å². The maximum absolute atomic E-state index is 13.9. The van der Waals surface area contributed by atoms with Gasteiger partial charge in [0.05, 0.1) is 16.9 Å². The summed E-state index contributed by atoms with van der Waals surface area (Å²) in [6, 6.07) is 24.0. The van der Waals surface area contributed by atoms with Crippen molar-refractivity contribution < 1.29 is 18.3 Å². The number of nitrogens with zero attached hydrogens (tertiary/aromatic N) is 1. The minimum Gasteiger partial charge on any atom is -0.382 e. The minimum atomic E-state index is -4.19. The number of carbonyl (C=O) groups is 1. The Morgan fingerprint density at radius 2 is 1.50 bits per heavy atom. The van der Waals surface area contributed by atoms with E-state index in [4.69, 9.17) is 0 Å². The predicted molar refractivity (Wildman–Crippen MR) is 132 cm³/mol. The number of sulfonamides is 1. The lowest BCUT2D eigenvalue weighted by molar-refractivity contribution is -0.129. The molecule has 1 aliphatic rings. The van der Waals surface area contributed by atoms with Gasteiger partial charge in [0.2, 0.25) is 5.91 Å². The summed E-state index contributed by atoms with van der Waals surface area (Å²) in [4.78, 5) is 13.9. The molecule has 0 radical (unpaired) electrons. The first kappa shape index (κ1) is 24.2. The van der Waals surface area contributed by atoms with Gasteiger partial charge in [-0.05, 0) is 43.0 Å². The van der Waals surface area contributed by atoms with E-state index in [1.54, 1.807) is 24.3 Å². The van der Waals surface area contributed by atoms with Crippen molar-refractivity contribution in [2.45, 2.75) is 56.1 Å². The highest BCUT2D eigenvalue weighted by Gasteiger charge is 2.62. The normalized spacial score (nSPS) is 22.8. The van der Waals surface area contributed by atoms with Crippen molar-refractivity contribution in [3.05, 3.63) is 102 Å². The Balaban J connectivity index is 1.91. The second-order valence-corrected chi connectivity index (χ2v) is 10.9. The first-order valence-corrected chi connectivity index (χ1v) is 13.2. The zero-order chi connectivity index (χ0) is 24.3. The van der Waals surface area contributed by atoms with Crippen LogP contribution in [-0.2, 0) is 26.8 Å². The zero-order valence-corrected chi connectivity index (χ0v) is 20.4. The quantitative estimate of drug-likeness (QED) is 0.504. The fourth-order valence-electron chi connectivity index (χ4n) is 4.94. The number of hydrogen-bond donors (Lipinski definition) is 1. The van der Waals surface area contributed by atoms with Crippen molar-refractivity contribution in [3.63, 3.8) is 0 Å². The Hall–Kier alpha value is -2.96. The second kappa shape index (κ2) is 9.72. The Morgan fingerprint density at radius 1 is 0.912 bits per heavy atom. The molecule has 0 bridgehead atoms. The molecule has 4 rings (SSSR count). The van der Waals surface area contributed by atoms with Crippen LogP contribution < -0.4 is 0 Å². The van der Waals surface area contributed by atoms with E-state index in [1.165, 1.54) is 12.1 Å². The van der Waals surface area contributed by atoms with Gasteiger partial charge in [-0.2, -0.15) is 0 Å². The summed E-state index contributed by atoms with van der Waals surface area (Å²) < 4.78 is 28.7. The lowest BCUT2D eigenvalue weighted by atomic mass is 9.75. The Kier molecular flexibility index (Phi) is 6.91. The fraction of sp³-hybridized carbons (Fsp3) is 0.321.